The third-order valence-electron chi connectivity index (χ3n) is 3.29. The van der Waals surface area contributed by atoms with Crippen molar-refractivity contribution in [2.45, 2.75) is 19.4 Å². The molecule has 2 rings (SSSR count). The third kappa shape index (κ3) is 2.53. The first-order valence-electron chi connectivity index (χ1n) is 6.18. The molecule has 0 spiro atoms. The maximum absolute atomic E-state index is 13.9. The van der Waals surface area contributed by atoms with Gasteiger partial charge in [0, 0.05) is 6.54 Å². The van der Waals surface area contributed by atoms with Gasteiger partial charge in [0.15, 0.2) is 5.82 Å². The van der Waals surface area contributed by atoms with Crippen LogP contribution in [0.2, 0.25) is 0 Å². The molecule has 1 atom stereocenters. The Kier molecular flexibility index (Phi) is 3.99. The molecule has 0 radical (unpaired) electrons. The second-order valence-electron chi connectivity index (χ2n) is 4.46. The zero-order valence-corrected chi connectivity index (χ0v) is 10.7. The van der Waals surface area contributed by atoms with Gasteiger partial charge < -0.3 is 15.4 Å². The van der Waals surface area contributed by atoms with Crippen LogP contribution in [-0.2, 0) is 4.74 Å². The van der Waals surface area contributed by atoms with E-state index < -0.39 is 23.1 Å². The fourth-order valence-corrected chi connectivity index (χ4v) is 2.17. The monoisotopic (exact) mass is 270 g/mol. The van der Waals surface area contributed by atoms with Gasteiger partial charge in [-0.25, -0.2) is 8.78 Å². The zero-order chi connectivity index (χ0) is 14.0. The van der Waals surface area contributed by atoms with Gasteiger partial charge in [0.25, 0.3) is 5.91 Å². The van der Waals surface area contributed by atoms with Crippen LogP contribution in [0, 0.1) is 11.6 Å². The summed E-state index contributed by atoms with van der Waals surface area (Å²) in [5.74, 6) is -2.55. The molecule has 1 aliphatic rings. The standard InChI is InChI=1S/C13H16F2N2O2/c1-2-8-7-19-6-5-17(8)13(18)11-9(14)3-4-10(16)12(11)15/h3-4,8H,2,5-7,16H2,1H3. The van der Waals surface area contributed by atoms with Crippen molar-refractivity contribution in [1.29, 1.82) is 0 Å². The van der Waals surface area contributed by atoms with E-state index in [1.807, 2.05) is 6.92 Å². The van der Waals surface area contributed by atoms with Crippen molar-refractivity contribution in [3.63, 3.8) is 0 Å². The predicted octanol–water partition coefficient (Wildman–Crippen LogP) is 1.80. The summed E-state index contributed by atoms with van der Waals surface area (Å²) in [6, 6.07) is 1.95. The lowest BCUT2D eigenvalue weighted by molar-refractivity contribution is -0.00327. The third-order valence-corrected chi connectivity index (χ3v) is 3.29. The van der Waals surface area contributed by atoms with E-state index in [0.29, 0.717) is 26.2 Å². The highest BCUT2D eigenvalue weighted by Gasteiger charge is 2.30. The maximum Gasteiger partial charge on any atom is 0.260 e. The number of ether oxygens (including phenoxy) is 1. The molecule has 0 saturated carbocycles. The van der Waals surface area contributed by atoms with E-state index in [-0.39, 0.29) is 11.7 Å². The van der Waals surface area contributed by atoms with Crippen molar-refractivity contribution in [3.8, 4) is 0 Å². The number of benzene rings is 1. The number of carbonyl (C=O) groups is 1. The normalized spacial score (nSPS) is 19.5. The lowest BCUT2D eigenvalue weighted by Gasteiger charge is -2.35. The summed E-state index contributed by atoms with van der Waals surface area (Å²) in [7, 11) is 0. The van der Waals surface area contributed by atoms with E-state index in [2.05, 4.69) is 0 Å². The Hall–Kier alpha value is -1.69. The van der Waals surface area contributed by atoms with Gasteiger partial charge in [-0.15, -0.1) is 0 Å². The summed E-state index contributed by atoms with van der Waals surface area (Å²) >= 11 is 0. The summed E-state index contributed by atoms with van der Waals surface area (Å²) in [6.45, 7) is 2.97. The number of amides is 1. The molecule has 1 amide bonds. The molecule has 1 aromatic rings. The van der Waals surface area contributed by atoms with Gasteiger partial charge in [0.2, 0.25) is 0 Å². The van der Waals surface area contributed by atoms with Crippen LogP contribution in [0.25, 0.3) is 0 Å². The fraction of sp³-hybridized carbons (Fsp3) is 0.462. The summed E-state index contributed by atoms with van der Waals surface area (Å²) < 4.78 is 32.8. The number of nitrogens with zero attached hydrogens (tertiary/aromatic N) is 1. The number of anilines is 1. The van der Waals surface area contributed by atoms with Crippen LogP contribution in [0.1, 0.15) is 23.7 Å². The van der Waals surface area contributed by atoms with Crippen LogP contribution < -0.4 is 5.73 Å². The second-order valence-corrected chi connectivity index (χ2v) is 4.46. The van der Waals surface area contributed by atoms with Crippen LogP contribution in [0.3, 0.4) is 0 Å². The van der Waals surface area contributed by atoms with Gasteiger partial charge >= 0.3 is 0 Å². The van der Waals surface area contributed by atoms with Crippen LogP contribution >= 0.6 is 0 Å². The van der Waals surface area contributed by atoms with E-state index in [1.54, 1.807) is 0 Å². The first-order valence-corrected chi connectivity index (χ1v) is 6.18. The molecular formula is C13H16F2N2O2. The summed E-state index contributed by atoms with van der Waals surface area (Å²) in [6.07, 6.45) is 0.664. The van der Waals surface area contributed by atoms with Gasteiger partial charge in [-0.05, 0) is 18.6 Å². The van der Waals surface area contributed by atoms with Crippen molar-refractivity contribution in [1.82, 2.24) is 4.90 Å². The van der Waals surface area contributed by atoms with Gasteiger partial charge in [0.05, 0.1) is 24.9 Å². The SMILES string of the molecule is CCC1COCCN1C(=O)c1c(F)ccc(N)c1F. The van der Waals surface area contributed by atoms with Crippen molar-refractivity contribution in [3.05, 3.63) is 29.3 Å². The predicted molar refractivity (Wildman–Crippen MR) is 66.7 cm³/mol. The van der Waals surface area contributed by atoms with E-state index in [9.17, 15) is 13.6 Å². The van der Waals surface area contributed by atoms with Crippen LogP contribution in [0.4, 0.5) is 14.5 Å². The highest BCUT2D eigenvalue weighted by molar-refractivity contribution is 5.96. The Morgan fingerprint density at radius 3 is 2.95 bits per heavy atom. The molecule has 19 heavy (non-hydrogen) atoms. The van der Waals surface area contributed by atoms with Gasteiger partial charge in [-0.3, -0.25) is 4.79 Å². The molecule has 1 aromatic carbocycles. The number of morpholine rings is 1. The Morgan fingerprint density at radius 1 is 1.53 bits per heavy atom. The average molecular weight is 270 g/mol. The molecule has 1 unspecified atom stereocenters. The molecule has 2 N–H and O–H groups in total. The molecule has 4 nitrogen and oxygen atoms in total. The van der Waals surface area contributed by atoms with Gasteiger partial charge in [-0.2, -0.15) is 0 Å². The largest absolute Gasteiger partial charge is 0.396 e. The summed E-state index contributed by atoms with van der Waals surface area (Å²) in [5.41, 5.74) is 4.57. The number of nitrogen functional groups attached to an aromatic ring is 1. The van der Waals surface area contributed by atoms with Crippen molar-refractivity contribution in [2.24, 2.45) is 0 Å². The minimum atomic E-state index is -0.994. The number of nitrogens with two attached hydrogens (primary N) is 1. The molecule has 1 aliphatic heterocycles. The van der Waals surface area contributed by atoms with E-state index >= 15 is 0 Å². The lowest BCUT2D eigenvalue weighted by Crippen LogP contribution is -2.48. The lowest BCUT2D eigenvalue weighted by atomic mass is 10.1. The molecule has 104 valence electrons. The molecule has 6 heteroatoms. The van der Waals surface area contributed by atoms with Gasteiger partial charge in [0.1, 0.15) is 11.4 Å². The Balaban J connectivity index is 2.36. The van der Waals surface area contributed by atoms with E-state index in [0.717, 1.165) is 12.1 Å². The minimum Gasteiger partial charge on any atom is -0.396 e. The first kappa shape index (κ1) is 13.7. The highest BCUT2D eigenvalue weighted by Crippen LogP contribution is 2.22. The number of hydrogen-bond acceptors (Lipinski definition) is 3. The average Bonchev–Trinajstić information content (AvgIpc) is 2.43. The molecular weight excluding hydrogens is 254 g/mol. The molecule has 0 aliphatic carbocycles. The molecule has 1 fully saturated rings. The van der Waals surface area contributed by atoms with Crippen molar-refractivity contribution in [2.75, 3.05) is 25.5 Å². The highest BCUT2D eigenvalue weighted by atomic mass is 19.1. The molecule has 1 saturated heterocycles. The Bertz CT molecular complexity index is 494. The number of halogens is 2. The summed E-state index contributed by atoms with van der Waals surface area (Å²) in [5, 5.41) is 0. The first-order chi connectivity index (χ1) is 9.06. The van der Waals surface area contributed by atoms with Crippen LogP contribution in [-0.4, -0.2) is 36.6 Å². The zero-order valence-electron chi connectivity index (χ0n) is 10.7. The second kappa shape index (κ2) is 5.52. The number of hydrogen-bond donors (Lipinski definition) is 1. The maximum atomic E-state index is 13.9. The molecule has 1 heterocycles. The van der Waals surface area contributed by atoms with Crippen molar-refractivity contribution < 1.29 is 18.3 Å². The smallest absolute Gasteiger partial charge is 0.260 e. The topological polar surface area (TPSA) is 55.6 Å². The number of carbonyl (C=O) groups excluding carboxylic acids is 1. The van der Waals surface area contributed by atoms with Crippen molar-refractivity contribution >= 4 is 11.6 Å². The quantitative estimate of drug-likeness (QED) is 0.834. The van der Waals surface area contributed by atoms with Crippen LogP contribution in [0.15, 0.2) is 12.1 Å². The Morgan fingerprint density at radius 2 is 2.26 bits per heavy atom. The Labute approximate surface area is 110 Å². The van der Waals surface area contributed by atoms with Crippen LogP contribution in [0.5, 0.6) is 0 Å². The van der Waals surface area contributed by atoms with Gasteiger partial charge in [-0.1, -0.05) is 6.92 Å². The number of rotatable bonds is 2. The van der Waals surface area contributed by atoms with E-state index in [1.165, 1.54) is 4.90 Å². The summed E-state index contributed by atoms with van der Waals surface area (Å²) in [4.78, 5) is 13.7. The van der Waals surface area contributed by atoms with E-state index in [4.69, 9.17) is 10.5 Å². The molecule has 0 aromatic heterocycles. The molecule has 0 bridgehead atoms. The minimum absolute atomic E-state index is 0.165. The fourth-order valence-electron chi connectivity index (χ4n) is 2.17.